The number of benzene rings is 1. The van der Waals surface area contributed by atoms with E-state index >= 15 is 0 Å². The van der Waals surface area contributed by atoms with Crippen molar-refractivity contribution in [2.75, 3.05) is 36.4 Å². The van der Waals surface area contributed by atoms with Crippen LogP contribution in [0.25, 0.3) is 22.3 Å². The molecule has 3 aromatic heterocycles. The minimum absolute atomic E-state index is 0.0310. The molecule has 0 unspecified atom stereocenters. The van der Waals surface area contributed by atoms with Crippen molar-refractivity contribution in [3.05, 3.63) is 60.4 Å². The Hall–Kier alpha value is -4.42. The fourth-order valence-corrected chi connectivity index (χ4v) is 9.81. The first kappa shape index (κ1) is 34.4. The van der Waals surface area contributed by atoms with Crippen LogP contribution in [0.5, 0.6) is 0 Å². The fourth-order valence-electron chi connectivity index (χ4n) is 9.81. The van der Waals surface area contributed by atoms with Gasteiger partial charge in [-0.3, -0.25) is 14.6 Å². The molecule has 11 nitrogen and oxygen atoms in total. The van der Waals surface area contributed by atoms with Gasteiger partial charge in [0.15, 0.2) is 11.6 Å². The second kappa shape index (κ2) is 13.5. The van der Waals surface area contributed by atoms with Gasteiger partial charge in [-0.25, -0.2) is 14.4 Å². The number of likely N-dealkylation sites (tertiary alicyclic amines) is 2. The summed E-state index contributed by atoms with van der Waals surface area (Å²) >= 11 is 0. The van der Waals surface area contributed by atoms with Crippen LogP contribution in [0.4, 0.5) is 21.6 Å². The molecular formula is C41H49FN8O3. The summed E-state index contributed by atoms with van der Waals surface area (Å²) in [4.78, 5) is 48.7. The predicted molar refractivity (Wildman–Crippen MR) is 201 cm³/mol. The summed E-state index contributed by atoms with van der Waals surface area (Å²) in [5, 5.41) is 13.7. The second-order valence-corrected chi connectivity index (χ2v) is 16.2. The number of rotatable bonds is 7. The number of aromatic nitrogens is 4. The van der Waals surface area contributed by atoms with E-state index in [1.54, 1.807) is 18.6 Å². The van der Waals surface area contributed by atoms with Gasteiger partial charge in [0.25, 0.3) is 0 Å². The molecule has 6 heterocycles. The van der Waals surface area contributed by atoms with Gasteiger partial charge in [0.1, 0.15) is 5.52 Å². The zero-order chi connectivity index (χ0) is 36.4. The number of nitrogens with zero attached hydrogens (tertiary/aromatic N) is 7. The molecule has 2 amide bonds. The van der Waals surface area contributed by atoms with Crippen LogP contribution in [0.3, 0.4) is 0 Å². The average Bonchev–Trinajstić information content (AvgIpc) is 3.85. The maximum absolute atomic E-state index is 14.9. The van der Waals surface area contributed by atoms with Crippen molar-refractivity contribution in [2.24, 2.45) is 5.92 Å². The van der Waals surface area contributed by atoms with Gasteiger partial charge in [0.05, 0.1) is 46.9 Å². The topological polar surface area (TPSA) is 120 Å². The van der Waals surface area contributed by atoms with Crippen LogP contribution in [0.1, 0.15) is 89.7 Å². The van der Waals surface area contributed by atoms with Gasteiger partial charge in [0, 0.05) is 48.7 Å². The molecule has 2 saturated heterocycles. The third kappa shape index (κ3) is 5.80. The Bertz CT molecular complexity index is 2050. The molecule has 1 aromatic carbocycles. The number of halogens is 1. The van der Waals surface area contributed by atoms with E-state index in [4.69, 9.17) is 9.97 Å². The van der Waals surface area contributed by atoms with E-state index in [-0.39, 0.29) is 35.5 Å². The maximum atomic E-state index is 14.9. The monoisotopic (exact) mass is 720 g/mol. The SMILES string of the molecule is CC(C)n1cnc2cc(-c3ccc4c(c3)N(C3CC(N5CCCCC5)C3)C(=O)C43CCN(C(=O)[C@@H]4CCC[C@@H]4O)CC3)nc(Nc3ccncc3F)c21. The first-order chi connectivity index (χ1) is 25.7. The molecule has 12 heteroatoms. The van der Waals surface area contributed by atoms with Crippen molar-refractivity contribution >= 4 is 40.0 Å². The lowest BCUT2D eigenvalue weighted by Gasteiger charge is -2.48. The highest BCUT2D eigenvalue weighted by Crippen LogP contribution is 2.52. The highest BCUT2D eigenvalue weighted by atomic mass is 19.1. The third-order valence-corrected chi connectivity index (χ3v) is 12.9. The van der Waals surface area contributed by atoms with Gasteiger partial charge in [0.2, 0.25) is 11.8 Å². The van der Waals surface area contributed by atoms with Crippen LogP contribution in [0, 0.1) is 11.7 Å². The quantitative estimate of drug-likeness (QED) is 0.227. The maximum Gasteiger partial charge on any atom is 0.238 e. The smallest absolute Gasteiger partial charge is 0.238 e. The van der Waals surface area contributed by atoms with Crippen LogP contribution in [0.2, 0.25) is 0 Å². The largest absolute Gasteiger partial charge is 0.392 e. The number of hydrogen-bond acceptors (Lipinski definition) is 8. The zero-order valence-electron chi connectivity index (χ0n) is 30.7. The minimum atomic E-state index is -0.700. The molecule has 3 aliphatic heterocycles. The Kier molecular flexibility index (Phi) is 8.72. The number of hydrogen-bond donors (Lipinski definition) is 2. The molecule has 278 valence electrons. The lowest BCUT2D eigenvalue weighted by atomic mass is 9.73. The van der Waals surface area contributed by atoms with E-state index < -0.39 is 17.3 Å². The Labute approximate surface area is 309 Å². The standard InChI is InChI=1S/C41H49FN8O3/c1-25(2)49-24-44-34-22-33(46-38(37(34)49)45-32-11-14-43-23-31(32)42)26-9-10-30-35(19-26)50(28-20-27(21-28)47-15-4-3-5-16-47)40(53)41(30)12-17-48(18-13-41)39(52)29-7-6-8-36(29)51/h9-11,14,19,22-25,27-29,36,51H,3-8,12-13,15-18,20-21H2,1-2H3,(H,43,45,46)/t27?,28?,29-,36+/m1/s1. The van der Waals surface area contributed by atoms with Crippen LogP contribution < -0.4 is 10.2 Å². The number of anilines is 3. The lowest BCUT2D eigenvalue weighted by Crippen LogP contribution is -2.58. The van der Waals surface area contributed by atoms with E-state index in [1.807, 2.05) is 21.6 Å². The Morgan fingerprint density at radius 2 is 1.79 bits per heavy atom. The van der Waals surface area contributed by atoms with E-state index in [0.29, 0.717) is 49.9 Å². The highest BCUT2D eigenvalue weighted by molar-refractivity contribution is 6.09. The summed E-state index contributed by atoms with van der Waals surface area (Å²) in [5.41, 5.74) is 4.58. The number of amides is 2. The van der Waals surface area contributed by atoms with Crippen LogP contribution in [-0.2, 0) is 15.0 Å². The molecular weight excluding hydrogens is 672 g/mol. The number of piperidine rings is 2. The molecule has 4 fully saturated rings. The third-order valence-electron chi connectivity index (χ3n) is 12.9. The van der Waals surface area contributed by atoms with Gasteiger partial charge in [-0.15, -0.1) is 0 Å². The van der Waals surface area contributed by atoms with Crippen molar-refractivity contribution in [1.29, 1.82) is 0 Å². The molecule has 53 heavy (non-hydrogen) atoms. The van der Waals surface area contributed by atoms with Gasteiger partial charge >= 0.3 is 0 Å². The van der Waals surface area contributed by atoms with E-state index in [9.17, 15) is 19.1 Å². The molecule has 5 aliphatic rings. The first-order valence-corrected chi connectivity index (χ1v) is 19.7. The lowest BCUT2D eigenvalue weighted by molar-refractivity contribution is -0.141. The molecule has 9 rings (SSSR count). The Morgan fingerprint density at radius 1 is 1.00 bits per heavy atom. The summed E-state index contributed by atoms with van der Waals surface area (Å²) < 4.78 is 16.9. The normalized spacial score (nSPS) is 25.7. The van der Waals surface area contributed by atoms with Gasteiger partial charge in [-0.05, 0) is 108 Å². The molecule has 2 N–H and O–H groups in total. The van der Waals surface area contributed by atoms with Crippen molar-refractivity contribution in [3.8, 4) is 11.3 Å². The van der Waals surface area contributed by atoms with Crippen molar-refractivity contribution in [3.63, 3.8) is 0 Å². The van der Waals surface area contributed by atoms with Crippen molar-refractivity contribution < 1.29 is 19.1 Å². The zero-order valence-corrected chi connectivity index (χ0v) is 30.7. The molecule has 2 aliphatic carbocycles. The summed E-state index contributed by atoms with van der Waals surface area (Å²) in [6.45, 7) is 7.42. The molecule has 0 radical (unpaired) electrons. The number of carbonyl (C=O) groups excluding carboxylic acids is 2. The minimum Gasteiger partial charge on any atom is -0.392 e. The second-order valence-electron chi connectivity index (χ2n) is 16.2. The molecule has 2 saturated carbocycles. The van der Waals surface area contributed by atoms with Gasteiger partial charge in [-0.1, -0.05) is 18.6 Å². The van der Waals surface area contributed by atoms with E-state index in [1.165, 1.54) is 25.5 Å². The molecule has 4 aromatic rings. The van der Waals surface area contributed by atoms with Crippen molar-refractivity contribution in [1.82, 2.24) is 29.3 Å². The first-order valence-electron chi connectivity index (χ1n) is 19.7. The summed E-state index contributed by atoms with van der Waals surface area (Å²) in [6.07, 6.45) is 13.0. The van der Waals surface area contributed by atoms with Gasteiger partial charge in [-0.2, -0.15) is 0 Å². The Morgan fingerprint density at radius 3 is 2.51 bits per heavy atom. The molecule has 2 atom stereocenters. The number of fused-ring (bicyclic) bond motifs is 3. The highest BCUT2D eigenvalue weighted by Gasteiger charge is 2.56. The van der Waals surface area contributed by atoms with E-state index in [2.05, 4.69) is 46.1 Å². The van der Waals surface area contributed by atoms with E-state index in [0.717, 1.165) is 66.6 Å². The fraction of sp³-hybridized carbons (Fsp3) is 0.537. The number of imidazole rings is 1. The number of aliphatic hydroxyl groups is 1. The summed E-state index contributed by atoms with van der Waals surface area (Å²) in [7, 11) is 0. The van der Waals surface area contributed by atoms with Crippen LogP contribution in [-0.4, -0.2) is 90.6 Å². The van der Waals surface area contributed by atoms with Crippen LogP contribution in [0.15, 0.2) is 49.1 Å². The van der Waals surface area contributed by atoms with Crippen LogP contribution >= 0.6 is 0 Å². The van der Waals surface area contributed by atoms with Crippen molar-refractivity contribution in [2.45, 2.75) is 108 Å². The predicted octanol–water partition coefficient (Wildman–Crippen LogP) is 6.34. The number of carbonyl (C=O) groups is 2. The number of nitrogens with one attached hydrogen (secondary N) is 1. The molecule has 0 bridgehead atoms. The Balaban J connectivity index is 1.08. The average molecular weight is 721 g/mol. The number of pyridine rings is 2. The number of aliphatic hydroxyl groups excluding tert-OH is 1. The summed E-state index contributed by atoms with van der Waals surface area (Å²) in [6, 6.07) is 10.5. The molecule has 1 spiro atoms. The summed E-state index contributed by atoms with van der Waals surface area (Å²) in [5.74, 6) is -0.136. The van der Waals surface area contributed by atoms with Gasteiger partial charge < -0.3 is 29.7 Å².